The molecule has 0 saturated heterocycles. The van der Waals surface area contributed by atoms with E-state index in [1.165, 1.54) is 24.4 Å². The molecular weight excluding hydrogens is 443 g/mol. The quantitative estimate of drug-likeness (QED) is 0.394. The molecule has 3 aromatic carbocycles. The lowest BCUT2D eigenvalue weighted by Crippen LogP contribution is -2.19. The number of para-hydroxylation sites is 3. The molecule has 0 spiro atoms. The van der Waals surface area contributed by atoms with Crippen LogP contribution in [0.4, 0.5) is 10.3 Å². The number of nitrogens with zero attached hydrogens (tertiary/aromatic N) is 2. The van der Waals surface area contributed by atoms with Gasteiger partial charge in [-0.15, -0.1) is 0 Å². The summed E-state index contributed by atoms with van der Waals surface area (Å²) in [6.07, 6.45) is 1.46. The van der Waals surface area contributed by atoms with Crippen molar-refractivity contribution in [1.29, 1.82) is 0 Å². The smallest absolute Gasteiger partial charge is 0.246 e. The lowest BCUT2D eigenvalue weighted by Gasteiger charge is -2.05. The summed E-state index contributed by atoms with van der Waals surface area (Å²) in [6.45, 7) is -0.104. The summed E-state index contributed by atoms with van der Waals surface area (Å²) in [7, 11) is -3.79. The van der Waals surface area contributed by atoms with Gasteiger partial charge in [0.15, 0.2) is 9.84 Å². The van der Waals surface area contributed by atoms with E-state index < -0.39 is 15.7 Å². The molecule has 2 N–H and O–H groups in total. The van der Waals surface area contributed by atoms with E-state index >= 15 is 0 Å². The first-order chi connectivity index (χ1) is 15.9. The monoisotopic (exact) mass is 462 g/mol. The summed E-state index contributed by atoms with van der Waals surface area (Å²) in [6, 6.07) is 19.9. The van der Waals surface area contributed by atoms with Crippen LogP contribution in [-0.4, -0.2) is 28.9 Å². The number of anilines is 1. The average molecular weight is 463 g/mol. The Labute approximate surface area is 188 Å². The highest BCUT2D eigenvalue weighted by atomic mass is 32.2. The Morgan fingerprint density at radius 3 is 2.64 bits per heavy atom. The second-order valence-electron chi connectivity index (χ2n) is 7.68. The molecule has 0 atom stereocenters. The fourth-order valence-corrected chi connectivity index (χ4v) is 5.42. The van der Waals surface area contributed by atoms with Crippen molar-refractivity contribution in [2.24, 2.45) is 0 Å². The molecule has 9 heteroatoms. The number of imidazole rings is 1. The summed E-state index contributed by atoms with van der Waals surface area (Å²) in [4.78, 5) is 20.2. The molecular formula is C24H19FN4O3S. The molecule has 0 aliphatic rings. The Hall–Kier alpha value is -3.98. The van der Waals surface area contributed by atoms with Crippen LogP contribution in [0.25, 0.3) is 21.9 Å². The fourth-order valence-electron chi connectivity index (χ4n) is 3.85. The number of benzene rings is 3. The largest absolute Gasteiger partial charge is 0.337 e. The maximum Gasteiger partial charge on any atom is 0.246 e. The number of amides is 1. The predicted molar refractivity (Wildman–Crippen MR) is 124 cm³/mol. The van der Waals surface area contributed by atoms with Gasteiger partial charge in [0.1, 0.15) is 12.4 Å². The molecule has 166 valence electrons. The van der Waals surface area contributed by atoms with Crippen LogP contribution in [0.5, 0.6) is 0 Å². The van der Waals surface area contributed by atoms with E-state index in [9.17, 15) is 17.6 Å². The molecule has 0 saturated carbocycles. The highest BCUT2D eigenvalue weighted by molar-refractivity contribution is 7.90. The fraction of sp³-hybridized carbons (Fsp3) is 0.0833. The Bertz CT molecular complexity index is 1570. The van der Waals surface area contributed by atoms with Gasteiger partial charge in [0.2, 0.25) is 11.9 Å². The SMILES string of the molecule is O=C(Cn1cc(S(=O)(=O)Cc2cccc(F)c2)c2ccccc21)Nc1nc2ccccc2[nH]1. The van der Waals surface area contributed by atoms with Crippen LogP contribution < -0.4 is 5.32 Å². The first-order valence-corrected chi connectivity index (χ1v) is 11.8. The summed E-state index contributed by atoms with van der Waals surface area (Å²) in [5, 5.41) is 3.23. The van der Waals surface area contributed by atoms with Gasteiger partial charge in [-0.25, -0.2) is 17.8 Å². The van der Waals surface area contributed by atoms with Gasteiger partial charge < -0.3 is 9.55 Å². The minimum absolute atomic E-state index is 0.0962. The highest BCUT2D eigenvalue weighted by Gasteiger charge is 2.22. The summed E-state index contributed by atoms with van der Waals surface area (Å²) < 4.78 is 41.5. The van der Waals surface area contributed by atoms with Gasteiger partial charge in [0, 0.05) is 17.1 Å². The first-order valence-electron chi connectivity index (χ1n) is 10.2. The second kappa shape index (κ2) is 8.18. The second-order valence-corrected chi connectivity index (χ2v) is 9.64. The zero-order valence-electron chi connectivity index (χ0n) is 17.3. The van der Waals surface area contributed by atoms with Crippen molar-refractivity contribution in [1.82, 2.24) is 14.5 Å². The number of aromatic amines is 1. The molecule has 5 aromatic rings. The summed E-state index contributed by atoms with van der Waals surface area (Å²) in [5.41, 5.74) is 2.49. The van der Waals surface area contributed by atoms with Crippen molar-refractivity contribution in [3.63, 3.8) is 0 Å². The van der Waals surface area contributed by atoms with Crippen LogP contribution in [0, 0.1) is 5.82 Å². The van der Waals surface area contributed by atoms with Crippen LogP contribution in [-0.2, 0) is 26.9 Å². The minimum atomic E-state index is -3.79. The van der Waals surface area contributed by atoms with Gasteiger partial charge in [-0.3, -0.25) is 10.1 Å². The number of rotatable bonds is 6. The molecule has 2 aromatic heterocycles. The molecule has 2 heterocycles. The first kappa shape index (κ1) is 20.9. The van der Waals surface area contributed by atoms with Gasteiger partial charge in [-0.2, -0.15) is 0 Å². The van der Waals surface area contributed by atoms with Crippen molar-refractivity contribution in [2.45, 2.75) is 17.2 Å². The van der Waals surface area contributed by atoms with E-state index in [0.717, 1.165) is 11.0 Å². The third-order valence-electron chi connectivity index (χ3n) is 5.29. The molecule has 0 aliphatic heterocycles. The Morgan fingerprint density at radius 1 is 1.03 bits per heavy atom. The summed E-state index contributed by atoms with van der Waals surface area (Å²) >= 11 is 0. The molecule has 0 unspecified atom stereocenters. The lowest BCUT2D eigenvalue weighted by molar-refractivity contribution is -0.116. The predicted octanol–water partition coefficient (Wildman–Crippen LogP) is 4.27. The normalized spacial score (nSPS) is 11.8. The van der Waals surface area contributed by atoms with Crippen molar-refractivity contribution in [3.8, 4) is 0 Å². The molecule has 0 aliphatic carbocycles. The maximum atomic E-state index is 13.5. The number of aromatic nitrogens is 3. The lowest BCUT2D eigenvalue weighted by atomic mass is 10.2. The van der Waals surface area contributed by atoms with Crippen molar-refractivity contribution < 1.29 is 17.6 Å². The van der Waals surface area contributed by atoms with Gasteiger partial charge in [0.05, 0.1) is 21.7 Å². The molecule has 0 bridgehead atoms. The Morgan fingerprint density at radius 2 is 1.82 bits per heavy atom. The van der Waals surface area contributed by atoms with Gasteiger partial charge in [0.25, 0.3) is 0 Å². The molecule has 1 amide bonds. The van der Waals surface area contributed by atoms with E-state index in [1.54, 1.807) is 34.9 Å². The van der Waals surface area contributed by atoms with Gasteiger partial charge in [-0.1, -0.05) is 42.5 Å². The van der Waals surface area contributed by atoms with Gasteiger partial charge in [-0.05, 0) is 35.9 Å². The standard InChI is InChI=1S/C24H19FN4O3S/c25-17-7-5-6-16(12-17)15-33(31,32)22-13-29(21-11-4-1-8-18(21)22)14-23(30)28-24-26-19-9-2-3-10-20(19)27-24/h1-13H,14-15H2,(H2,26,27,28,30). The number of sulfone groups is 1. The maximum absolute atomic E-state index is 13.5. The number of hydrogen-bond donors (Lipinski definition) is 2. The third kappa shape index (κ3) is 4.22. The molecule has 0 fully saturated rings. The summed E-state index contributed by atoms with van der Waals surface area (Å²) in [5.74, 6) is -0.878. The number of halogens is 1. The highest BCUT2D eigenvalue weighted by Crippen LogP contribution is 2.28. The zero-order chi connectivity index (χ0) is 23.0. The minimum Gasteiger partial charge on any atom is -0.337 e. The number of carbonyl (C=O) groups is 1. The number of hydrogen-bond acceptors (Lipinski definition) is 4. The van der Waals surface area contributed by atoms with Crippen LogP contribution in [0.2, 0.25) is 0 Å². The molecule has 0 radical (unpaired) electrons. The Kier molecular flexibility index (Phi) is 5.18. The van der Waals surface area contributed by atoms with Crippen LogP contribution >= 0.6 is 0 Å². The Balaban J connectivity index is 1.43. The van der Waals surface area contributed by atoms with Crippen molar-refractivity contribution >= 4 is 43.6 Å². The van der Waals surface area contributed by atoms with Gasteiger partial charge >= 0.3 is 0 Å². The van der Waals surface area contributed by atoms with E-state index in [-0.39, 0.29) is 23.1 Å². The van der Waals surface area contributed by atoms with Crippen molar-refractivity contribution in [2.75, 3.05) is 5.32 Å². The zero-order valence-corrected chi connectivity index (χ0v) is 18.1. The number of fused-ring (bicyclic) bond motifs is 2. The topological polar surface area (TPSA) is 96.8 Å². The number of carbonyl (C=O) groups excluding carboxylic acids is 1. The van der Waals surface area contributed by atoms with E-state index in [0.29, 0.717) is 22.4 Å². The van der Waals surface area contributed by atoms with E-state index in [4.69, 9.17) is 0 Å². The average Bonchev–Trinajstić information content (AvgIpc) is 3.35. The molecule has 5 rings (SSSR count). The molecule has 33 heavy (non-hydrogen) atoms. The van der Waals surface area contributed by atoms with E-state index in [1.807, 2.05) is 24.3 Å². The molecule has 7 nitrogen and oxygen atoms in total. The van der Waals surface area contributed by atoms with Crippen LogP contribution in [0.1, 0.15) is 5.56 Å². The van der Waals surface area contributed by atoms with Crippen LogP contribution in [0.3, 0.4) is 0 Å². The van der Waals surface area contributed by atoms with E-state index in [2.05, 4.69) is 15.3 Å². The number of H-pyrrole nitrogens is 1. The van der Waals surface area contributed by atoms with Crippen LogP contribution in [0.15, 0.2) is 83.9 Å². The third-order valence-corrected chi connectivity index (χ3v) is 7.00. The number of nitrogens with one attached hydrogen (secondary N) is 2. The van der Waals surface area contributed by atoms with Crippen molar-refractivity contribution in [3.05, 3.63) is 90.4 Å².